The van der Waals surface area contributed by atoms with E-state index in [1.807, 2.05) is 35.7 Å². The first-order valence-corrected chi connectivity index (χ1v) is 12.1. The number of carbonyl (C=O) groups excluding carboxylic acids is 1. The molecule has 0 spiro atoms. The van der Waals surface area contributed by atoms with Crippen LogP contribution in [0.25, 0.3) is 0 Å². The molecule has 1 unspecified atom stereocenters. The number of ether oxygens (including phenoxy) is 1. The third-order valence-corrected chi connectivity index (χ3v) is 6.97. The van der Waals surface area contributed by atoms with E-state index in [0.717, 1.165) is 62.1 Å². The van der Waals surface area contributed by atoms with Crippen LogP contribution in [0.1, 0.15) is 27.7 Å². The van der Waals surface area contributed by atoms with Gasteiger partial charge in [-0.3, -0.25) is 14.6 Å². The van der Waals surface area contributed by atoms with Crippen LogP contribution in [-0.2, 0) is 17.8 Å². The number of hydrogen-bond acceptors (Lipinski definition) is 6. The van der Waals surface area contributed by atoms with E-state index in [2.05, 4.69) is 38.3 Å². The Morgan fingerprint density at radius 1 is 1.09 bits per heavy atom. The number of hydrogen-bond donors (Lipinski definition) is 1. The van der Waals surface area contributed by atoms with Crippen molar-refractivity contribution in [1.82, 2.24) is 20.1 Å². The van der Waals surface area contributed by atoms with Crippen LogP contribution < -0.4 is 10.1 Å². The molecular weight excluding hydrogens is 420 g/mol. The van der Waals surface area contributed by atoms with Crippen molar-refractivity contribution in [3.63, 3.8) is 0 Å². The minimum absolute atomic E-state index is 0.0427. The first-order valence-electron chi connectivity index (χ1n) is 11.2. The summed E-state index contributed by atoms with van der Waals surface area (Å²) in [5.41, 5.74) is 3.72. The maximum atomic E-state index is 12.9. The van der Waals surface area contributed by atoms with E-state index in [-0.39, 0.29) is 11.9 Å². The van der Waals surface area contributed by atoms with Crippen molar-refractivity contribution in [2.45, 2.75) is 19.0 Å². The summed E-state index contributed by atoms with van der Waals surface area (Å²) in [7, 11) is 0. The largest absolute Gasteiger partial charge is 0.493 e. The van der Waals surface area contributed by atoms with Crippen molar-refractivity contribution >= 4 is 17.2 Å². The molecule has 1 fully saturated rings. The predicted octanol–water partition coefficient (Wildman–Crippen LogP) is 3.10. The van der Waals surface area contributed by atoms with E-state index in [1.54, 1.807) is 17.5 Å². The molecule has 1 saturated heterocycles. The molecule has 0 radical (unpaired) electrons. The molecule has 7 heteroatoms. The molecule has 5 rings (SSSR count). The Morgan fingerprint density at radius 3 is 2.69 bits per heavy atom. The minimum atomic E-state index is -0.200. The number of rotatable bonds is 7. The van der Waals surface area contributed by atoms with Crippen LogP contribution in [0.3, 0.4) is 0 Å². The van der Waals surface area contributed by atoms with Crippen molar-refractivity contribution in [3.05, 3.63) is 81.8 Å². The molecule has 1 amide bonds. The number of carbonyl (C=O) groups is 1. The van der Waals surface area contributed by atoms with Gasteiger partial charge in [0.15, 0.2) is 0 Å². The van der Waals surface area contributed by atoms with Crippen LogP contribution in [0.15, 0.2) is 60.1 Å². The van der Waals surface area contributed by atoms with Crippen molar-refractivity contribution < 1.29 is 9.53 Å². The van der Waals surface area contributed by atoms with Gasteiger partial charge in [0.1, 0.15) is 16.8 Å². The highest BCUT2D eigenvalue weighted by molar-refractivity contribution is 7.09. The maximum Gasteiger partial charge on any atom is 0.235 e. The third-order valence-electron chi connectivity index (χ3n) is 6.13. The van der Waals surface area contributed by atoms with E-state index in [9.17, 15) is 4.79 Å². The second-order valence-corrected chi connectivity index (χ2v) is 9.30. The first-order chi connectivity index (χ1) is 15.7. The summed E-state index contributed by atoms with van der Waals surface area (Å²) in [6.45, 7) is 5.90. The molecule has 0 saturated carbocycles. The van der Waals surface area contributed by atoms with Gasteiger partial charge in [0.05, 0.1) is 13.2 Å². The molecule has 3 aromatic rings. The highest BCUT2D eigenvalue weighted by Gasteiger charge is 2.23. The molecule has 2 aliphatic heterocycles. The van der Waals surface area contributed by atoms with Crippen LogP contribution in [0.4, 0.5) is 0 Å². The summed E-state index contributed by atoms with van der Waals surface area (Å²) in [5.74, 6) is 1.08. The van der Waals surface area contributed by atoms with Crippen LogP contribution in [-0.4, -0.2) is 60.0 Å². The van der Waals surface area contributed by atoms with E-state index >= 15 is 0 Å². The second-order valence-electron chi connectivity index (χ2n) is 8.37. The number of benzene rings is 2. The molecule has 3 heterocycles. The number of fused-ring (bicyclic) bond motifs is 1. The number of thiazole rings is 1. The number of piperazine rings is 1. The zero-order valence-corrected chi connectivity index (χ0v) is 18.9. The van der Waals surface area contributed by atoms with Crippen LogP contribution in [0, 0.1) is 0 Å². The Morgan fingerprint density at radius 2 is 1.91 bits per heavy atom. The SMILES string of the molecule is O=C(CN1CCN(Cc2ccc3c(c2)CCO3)CC1)NC(c1ccccc1)c1nccs1. The van der Waals surface area contributed by atoms with Gasteiger partial charge in [-0.15, -0.1) is 11.3 Å². The van der Waals surface area contributed by atoms with Crippen LogP contribution in [0.5, 0.6) is 5.75 Å². The molecular formula is C25H28N4O2S. The fourth-order valence-electron chi connectivity index (χ4n) is 4.42. The van der Waals surface area contributed by atoms with Gasteiger partial charge in [-0.25, -0.2) is 4.98 Å². The lowest BCUT2D eigenvalue weighted by atomic mass is 10.1. The number of amides is 1. The monoisotopic (exact) mass is 448 g/mol. The van der Waals surface area contributed by atoms with Gasteiger partial charge in [-0.1, -0.05) is 42.5 Å². The Bertz CT molecular complexity index is 1030. The van der Waals surface area contributed by atoms with Crippen LogP contribution >= 0.6 is 11.3 Å². The summed E-state index contributed by atoms with van der Waals surface area (Å²) < 4.78 is 5.61. The molecule has 1 N–H and O–H groups in total. The van der Waals surface area contributed by atoms with Gasteiger partial charge in [0.25, 0.3) is 0 Å². The lowest BCUT2D eigenvalue weighted by molar-refractivity contribution is -0.123. The third kappa shape index (κ3) is 5.01. The predicted molar refractivity (Wildman–Crippen MR) is 126 cm³/mol. The zero-order valence-electron chi connectivity index (χ0n) is 18.1. The molecule has 32 heavy (non-hydrogen) atoms. The topological polar surface area (TPSA) is 57.7 Å². The molecule has 6 nitrogen and oxygen atoms in total. The minimum Gasteiger partial charge on any atom is -0.493 e. The first kappa shape index (κ1) is 21.1. The van der Waals surface area contributed by atoms with Gasteiger partial charge in [-0.2, -0.15) is 0 Å². The standard InChI is InChI=1S/C25H28N4O2S/c30-23(27-24(25-26-9-15-32-25)20-4-2-1-3-5-20)18-29-12-10-28(11-13-29)17-19-6-7-22-21(16-19)8-14-31-22/h1-7,9,15-16,24H,8,10-14,17-18H2,(H,27,30). The normalized spacial score (nSPS) is 17.5. The lowest BCUT2D eigenvalue weighted by Gasteiger charge is -2.34. The Hall–Kier alpha value is -2.74. The second kappa shape index (κ2) is 9.81. The van der Waals surface area contributed by atoms with Gasteiger partial charge in [0.2, 0.25) is 5.91 Å². The van der Waals surface area contributed by atoms with Crippen molar-refractivity contribution in [2.75, 3.05) is 39.3 Å². The van der Waals surface area contributed by atoms with Gasteiger partial charge in [0, 0.05) is 50.7 Å². The maximum absolute atomic E-state index is 12.9. The number of aromatic nitrogens is 1. The highest BCUT2D eigenvalue weighted by atomic mass is 32.1. The smallest absolute Gasteiger partial charge is 0.235 e. The van der Waals surface area contributed by atoms with E-state index in [0.29, 0.717) is 6.54 Å². The van der Waals surface area contributed by atoms with Gasteiger partial charge < -0.3 is 10.1 Å². The van der Waals surface area contributed by atoms with E-state index in [4.69, 9.17) is 4.74 Å². The number of nitrogens with zero attached hydrogens (tertiary/aromatic N) is 3. The average Bonchev–Trinajstić information content (AvgIpc) is 3.51. The fraction of sp³-hybridized carbons (Fsp3) is 0.360. The summed E-state index contributed by atoms with van der Waals surface area (Å²) in [4.78, 5) is 22.0. The molecule has 1 atom stereocenters. The summed E-state index contributed by atoms with van der Waals surface area (Å²) in [6.07, 6.45) is 2.80. The molecule has 2 aromatic carbocycles. The summed E-state index contributed by atoms with van der Waals surface area (Å²) in [6, 6.07) is 16.4. The Kier molecular flexibility index (Phi) is 6.48. The van der Waals surface area contributed by atoms with Crippen molar-refractivity contribution in [1.29, 1.82) is 0 Å². The van der Waals surface area contributed by atoms with Crippen LogP contribution in [0.2, 0.25) is 0 Å². The van der Waals surface area contributed by atoms with Gasteiger partial charge in [-0.05, 0) is 22.8 Å². The van der Waals surface area contributed by atoms with Gasteiger partial charge >= 0.3 is 0 Å². The Balaban J connectivity index is 1.13. The average molecular weight is 449 g/mol. The highest BCUT2D eigenvalue weighted by Crippen LogP contribution is 2.27. The molecule has 1 aromatic heterocycles. The summed E-state index contributed by atoms with van der Waals surface area (Å²) in [5, 5.41) is 6.06. The quantitative estimate of drug-likeness (QED) is 0.602. The van der Waals surface area contributed by atoms with E-state index < -0.39 is 0 Å². The van der Waals surface area contributed by atoms with Crippen molar-refractivity contribution in [3.8, 4) is 5.75 Å². The molecule has 166 valence electrons. The summed E-state index contributed by atoms with van der Waals surface area (Å²) >= 11 is 1.57. The fourth-order valence-corrected chi connectivity index (χ4v) is 5.14. The molecule has 2 aliphatic rings. The number of nitrogens with one attached hydrogen (secondary N) is 1. The molecule has 0 aliphatic carbocycles. The Labute approximate surface area is 192 Å². The molecule has 0 bridgehead atoms. The van der Waals surface area contributed by atoms with E-state index in [1.165, 1.54) is 11.1 Å². The van der Waals surface area contributed by atoms with Crippen molar-refractivity contribution in [2.24, 2.45) is 0 Å². The zero-order chi connectivity index (χ0) is 21.8. The lowest BCUT2D eigenvalue weighted by Crippen LogP contribution is -2.49.